The van der Waals surface area contributed by atoms with Gasteiger partial charge < -0.3 is 26.6 Å². The van der Waals surface area contributed by atoms with Gasteiger partial charge in [-0.2, -0.15) is 0 Å². The molecule has 1 atom stereocenters. The van der Waals surface area contributed by atoms with Crippen LogP contribution in [0.3, 0.4) is 0 Å². The minimum absolute atomic E-state index is 0.0175. The van der Waals surface area contributed by atoms with Crippen LogP contribution in [0.5, 0.6) is 0 Å². The van der Waals surface area contributed by atoms with E-state index in [1.54, 1.807) is 45.0 Å². The van der Waals surface area contributed by atoms with Crippen LogP contribution >= 0.6 is 0 Å². The fourth-order valence-electron chi connectivity index (χ4n) is 1.53. The first-order chi connectivity index (χ1) is 11.1. The molecule has 0 saturated heterocycles. The third-order valence-electron chi connectivity index (χ3n) is 2.79. The van der Waals surface area contributed by atoms with Gasteiger partial charge in [-0.05, 0) is 33.3 Å². The van der Waals surface area contributed by atoms with Crippen LogP contribution < -0.4 is 16.8 Å². The number of alkyl carbamates (subject to hydrolysis) is 1. The second-order valence-electron chi connectivity index (χ2n) is 6.24. The fourth-order valence-corrected chi connectivity index (χ4v) is 1.53. The number of benzene rings is 1. The molecule has 1 aromatic rings. The summed E-state index contributed by atoms with van der Waals surface area (Å²) in [6.45, 7) is 7.22. The van der Waals surface area contributed by atoms with E-state index in [-0.39, 0.29) is 11.7 Å². The Balaban J connectivity index is 2.64. The number of rotatable bonds is 5. The lowest BCUT2D eigenvalue weighted by molar-refractivity contribution is 0.0523. The van der Waals surface area contributed by atoms with Gasteiger partial charge in [0, 0.05) is 12.1 Å². The SMILES string of the molecule is CC(O)/C(N)=N/N=C(\N)c1ccc(CNC(=O)OC(C)(C)C)cc1. The highest BCUT2D eigenvalue weighted by atomic mass is 16.6. The molecular weight excluding hydrogens is 310 g/mol. The Labute approximate surface area is 141 Å². The van der Waals surface area contributed by atoms with Crippen LogP contribution in [0, 0.1) is 0 Å². The number of ether oxygens (including phenoxy) is 1. The highest BCUT2D eigenvalue weighted by molar-refractivity contribution is 5.98. The number of carbonyl (C=O) groups is 1. The van der Waals surface area contributed by atoms with Crippen LogP contribution in [0.25, 0.3) is 0 Å². The van der Waals surface area contributed by atoms with Gasteiger partial charge in [-0.3, -0.25) is 0 Å². The maximum absolute atomic E-state index is 11.6. The molecule has 24 heavy (non-hydrogen) atoms. The molecule has 132 valence electrons. The van der Waals surface area contributed by atoms with E-state index in [0.717, 1.165) is 5.56 Å². The summed E-state index contributed by atoms with van der Waals surface area (Å²) in [7, 11) is 0. The number of nitrogens with two attached hydrogens (primary N) is 2. The summed E-state index contributed by atoms with van der Waals surface area (Å²) in [5, 5.41) is 19.3. The quantitative estimate of drug-likeness (QED) is 0.362. The number of amidine groups is 2. The van der Waals surface area contributed by atoms with Gasteiger partial charge in [-0.15, -0.1) is 10.2 Å². The monoisotopic (exact) mass is 335 g/mol. The molecule has 0 fully saturated rings. The van der Waals surface area contributed by atoms with Crippen molar-refractivity contribution in [3.8, 4) is 0 Å². The van der Waals surface area contributed by atoms with Crippen LogP contribution in [-0.2, 0) is 11.3 Å². The minimum Gasteiger partial charge on any atom is -0.444 e. The Morgan fingerprint density at radius 3 is 2.33 bits per heavy atom. The molecule has 8 heteroatoms. The summed E-state index contributed by atoms with van der Waals surface area (Å²) in [5.41, 5.74) is 12.3. The standard InChI is InChI=1S/C16H25N5O3/c1-10(22)13(17)20-21-14(18)12-7-5-11(6-8-12)9-19-15(23)24-16(2,3)4/h5-8,10,22H,9H2,1-4H3,(H2,17,20)(H2,18,21)(H,19,23). The third-order valence-corrected chi connectivity index (χ3v) is 2.79. The molecule has 0 spiro atoms. The number of hydrogen-bond acceptors (Lipinski definition) is 5. The molecule has 0 bridgehead atoms. The van der Waals surface area contributed by atoms with E-state index in [2.05, 4.69) is 15.5 Å². The molecule has 1 unspecified atom stereocenters. The Morgan fingerprint density at radius 2 is 1.83 bits per heavy atom. The van der Waals surface area contributed by atoms with Crippen molar-refractivity contribution in [1.29, 1.82) is 0 Å². The van der Waals surface area contributed by atoms with E-state index in [1.165, 1.54) is 6.92 Å². The molecule has 0 aromatic heterocycles. The molecule has 0 heterocycles. The van der Waals surface area contributed by atoms with Gasteiger partial charge >= 0.3 is 6.09 Å². The zero-order valence-corrected chi connectivity index (χ0v) is 14.4. The average Bonchev–Trinajstić information content (AvgIpc) is 2.49. The fraction of sp³-hybridized carbons (Fsp3) is 0.438. The van der Waals surface area contributed by atoms with Crippen molar-refractivity contribution >= 4 is 17.8 Å². The summed E-state index contributed by atoms with van der Waals surface area (Å²) in [5.74, 6) is 0.154. The maximum Gasteiger partial charge on any atom is 0.407 e. The van der Waals surface area contributed by atoms with Crippen LogP contribution in [0.2, 0.25) is 0 Å². The molecule has 1 rings (SSSR count). The summed E-state index contributed by atoms with van der Waals surface area (Å²) in [6, 6.07) is 7.10. The Hall–Kier alpha value is -2.61. The second-order valence-corrected chi connectivity index (χ2v) is 6.24. The van der Waals surface area contributed by atoms with Crippen LogP contribution in [-0.4, -0.2) is 34.6 Å². The lowest BCUT2D eigenvalue weighted by Crippen LogP contribution is -2.32. The van der Waals surface area contributed by atoms with Gasteiger partial charge in [0.25, 0.3) is 0 Å². The molecule has 1 amide bonds. The predicted octanol–water partition coefficient (Wildman–Crippen LogP) is 1.07. The molecular formula is C16H25N5O3. The van der Waals surface area contributed by atoms with E-state index in [4.69, 9.17) is 16.2 Å². The van der Waals surface area contributed by atoms with Gasteiger partial charge in [0.05, 0.1) is 0 Å². The van der Waals surface area contributed by atoms with Crippen molar-refractivity contribution in [3.05, 3.63) is 35.4 Å². The zero-order chi connectivity index (χ0) is 18.3. The van der Waals surface area contributed by atoms with E-state index < -0.39 is 17.8 Å². The minimum atomic E-state index is -0.886. The third kappa shape index (κ3) is 7.10. The van der Waals surface area contributed by atoms with Crippen molar-refractivity contribution in [2.24, 2.45) is 21.7 Å². The van der Waals surface area contributed by atoms with Gasteiger partial charge in [0.2, 0.25) is 0 Å². The molecule has 6 N–H and O–H groups in total. The number of aliphatic hydroxyl groups is 1. The van der Waals surface area contributed by atoms with E-state index in [9.17, 15) is 9.90 Å². The average molecular weight is 335 g/mol. The molecule has 0 saturated carbocycles. The molecule has 0 aliphatic rings. The first-order valence-electron chi connectivity index (χ1n) is 7.49. The lowest BCUT2D eigenvalue weighted by Gasteiger charge is -2.19. The number of hydrogen-bond donors (Lipinski definition) is 4. The van der Waals surface area contributed by atoms with Gasteiger partial charge in [0.15, 0.2) is 11.7 Å². The van der Waals surface area contributed by atoms with E-state index >= 15 is 0 Å². The highest BCUT2D eigenvalue weighted by Crippen LogP contribution is 2.08. The smallest absolute Gasteiger partial charge is 0.407 e. The normalized spacial score (nSPS) is 14.2. The zero-order valence-electron chi connectivity index (χ0n) is 14.4. The van der Waals surface area contributed by atoms with E-state index in [0.29, 0.717) is 12.1 Å². The largest absolute Gasteiger partial charge is 0.444 e. The Kier molecular flexibility index (Phi) is 6.72. The maximum atomic E-state index is 11.6. The van der Waals surface area contributed by atoms with Crippen molar-refractivity contribution < 1.29 is 14.6 Å². The first-order valence-corrected chi connectivity index (χ1v) is 7.49. The van der Waals surface area contributed by atoms with Gasteiger partial charge in [0.1, 0.15) is 11.7 Å². The molecule has 0 radical (unpaired) electrons. The highest BCUT2D eigenvalue weighted by Gasteiger charge is 2.15. The predicted molar refractivity (Wildman–Crippen MR) is 93.5 cm³/mol. The van der Waals surface area contributed by atoms with Gasteiger partial charge in [-0.1, -0.05) is 24.3 Å². The number of amides is 1. The molecule has 1 aromatic carbocycles. The van der Waals surface area contributed by atoms with E-state index in [1.807, 2.05) is 0 Å². The van der Waals surface area contributed by atoms with Crippen LogP contribution in [0.15, 0.2) is 34.5 Å². The summed E-state index contributed by atoms with van der Waals surface area (Å²) >= 11 is 0. The van der Waals surface area contributed by atoms with Crippen LogP contribution in [0.1, 0.15) is 38.8 Å². The number of aliphatic hydroxyl groups excluding tert-OH is 1. The molecule has 0 aliphatic heterocycles. The van der Waals surface area contributed by atoms with Crippen LogP contribution in [0.4, 0.5) is 4.79 Å². The van der Waals surface area contributed by atoms with Crippen molar-refractivity contribution in [2.75, 3.05) is 0 Å². The number of nitrogens with one attached hydrogen (secondary N) is 1. The molecule has 0 aliphatic carbocycles. The van der Waals surface area contributed by atoms with Crippen molar-refractivity contribution in [3.63, 3.8) is 0 Å². The molecule has 8 nitrogen and oxygen atoms in total. The number of nitrogens with zero attached hydrogens (tertiary/aromatic N) is 2. The summed E-state index contributed by atoms with van der Waals surface area (Å²) < 4.78 is 5.16. The van der Waals surface area contributed by atoms with Crippen molar-refractivity contribution in [2.45, 2.75) is 45.9 Å². The number of carbonyl (C=O) groups excluding carboxylic acids is 1. The topological polar surface area (TPSA) is 135 Å². The lowest BCUT2D eigenvalue weighted by atomic mass is 10.1. The van der Waals surface area contributed by atoms with Crippen molar-refractivity contribution in [1.82, 2.24) is 5.32 Å². The summed E-state index contributed by atoms with van der Waals surface area (Å²) in [4.78, 5) is 11.6. The van der Waals surface area contributed by atoms with Gasteiger partial charge in [-0.25, -0.2) is 4.79 Å². The Morgan fingerprint density at radius 1 is 1.25 bits per heavy atom. The first kappa shape index (κ1) is 19.4. The summed E-state index contributed by atoms with van der Waals surface area (Å²) in [6.07, 6.45) is -1.36. The Bertz CT molecular complexity index is 616. The second kappa shape index (κ2) is 8.30.